The van der Waals surface area contributed by atoms with E-state index in [1.165, 1.54) is 7.11 Å². The number of sulfonamides is 1. The van der Waals surface area contributed by atoms with Crippen LogP contribution in [0, 0.1) is 0 Å². The van der Waals surface area contributed by atoms with Gasteiger partial charge >= 0.3 is 0 Å². The van der Waals surface area contributed by atoms with E-state index in [-0.39, 0.29) is 46.9 Å². The molecule has 0 saturated carbocycles. The van der Waals surface area contributed by atoms with Crippen LogP contribution in [0.25, 0.3) is 0 Å². The smallest absolute Gasteiger partial charge is 0.263 e. The Morgan fingerprint density at radius 2 is 1.64 bits per heavy atom. The van der Waals surface area contributed by atoms with Crippen molar-refractivity contribution in [2.45, 2.75) is 50.8 Å². The van der Waals surface area contributed by atoms with E-state index in [1.54, 1.807) is 48.5 Å². The van der Waals surface area contributed by atoms with Gasteiger partial charge in [0.1, 0.15) is 12.4 Å². The monoisotopic (exact) mass is 515 g/mol. The van der Waals surface area contributed by atoms with E-state index < -0.39 is 10.0 Å². The summed E-state index contributed by atoms with van der Waals surface area (Å²) in [5, 5.41) is 9.31. The summed E-state index contributed by atoms with van der Waals surface area (Å²) in [6.07, 6.45) is 0. The Labute approximate surface area is 212 Å². The number of hydrogen-bond donors (Lipinski definition) is 2. The van der Waals surface area contributed by atoms with Crippen molar-refractivity contribution in [1.82, 2.24) is 9.97 Å². The minimum Gasteiger partial charge on any atom is -0.493 e. The van der Waals surface area contributed by atoms with Crippen LogP contribution in [0.5, 0.6) is 23.1 Å². The largest absolute Gasteiger partial charge is 0.493 e. The molecule has 0 radical (unpaired) electrons. The predicted octanol–water partition coefficient (Wildman–Crippen LogP) is 4.87. The van der Waals surface area contributed by atoms with E-state index in [9.17, 15) is 13.5 Å². The fourth-order valence-corrected chi connectivity index (χ4v) is 4.24. The number of rotatable bonds is 10. The highest BCUT2D eigenvalue weighted by molar-refractivity contribution is 7.92. The SMILES string of the molecule is COc1ccccc1Oc1c(NS(=O)(=O)c2ccc(C(C)(C)C)cc2)nc(C(C)C)nc1OCCO. The standard InChI is InChI=1S/C26H33N3O6S/c1-17(2)23-27-24(29-36(31,32)19-13-11-18(12-14-19)26(3,4)5)22(25(28-23)34-16-15-30)35-21-10-8-7-9-20(21)33-6/h7-14,17,30H,15-16H2,1-6H3,(H,27,28,29). The van der Waals surface area contributed by atoms with Crippen LogP contribution >= 0.6 is 0 Å². The van der Waals surface area contributed by atoms with Gasteiger partial charge in [-0.05, 0) is 35.2 Å². The number of benzene rings is 2. The zero-order valence-electron chi connectivity index (χ0n) is 21.4. The Morgan fingerprint density at radius 3 is 2.19 bits per heavy atom. The van der Waals surface area contributed by atoms with Crippen LogP contribution in [0.1, 0.15) is 51.9 Å². The molecule has 0 saturated heterocycles. The zero-order chi connectivity index (χ0) is 26.5. The highest BCUT2D eigenvalue weighted by atomic mass is 32.2. The molecule has 194 valence electrons. The fourth-order valence-electron chi connectivity index (χ4n) is 3.24. The lowest BCUT2D eigenvalue weighted by Gasteiger charge is -2.20. The number of nitrogens with zero attached hydrogens (tertiary/aromatic N) is 2. The average Bonchev–Trinajstić information content (AvgIpc) is 2.83. The number of nitrogens with one attached hydrogen (secondary N) is 1. The average molecular weight is 516 g/mol. The van der Waals surface area contributed by atoms with Crippen LogP contribution in [-0.4, -0.2) is 43.8 Å². The van der Waals surface area contributed by atoms with Crippen LogP contribution in [0.15, 0.2) is 53.4 Å². The molecule has 10 heteroatoms. The lowest BCUT2D eigenvalue weighted by Crippen LogP contribution is -2.18. The molecule has 0 bridgehead atoms. The number of aliphatic hydroxyl groups is 1. The highest BCUT2D eigenvalue weighted by Gasteiger charge is 2.26. The summed E-state index contributed by atoms with van der Waals surface area (Å²) in [5.41, 5.74) is 0.883. The van der Waals surface area contributed by atoms with Gasteiger partial charge in [0, 0.05) is 5.92 Å². The zero-order valence-corrected chi connectivity index (χ0v) is 22.2. The molecule has 0 atom stereocenters. The van der Waals surface area contributed by atoms with Crippen molar-refractivity contribution in [1.29, 1.82) is 0 Å². The van der Waals surface area contributed by atoms with E-state index in [0.29, 0.717) is 17.3 Å². The molecule has 0 spiro atoms. The van der Waals surface area contributed by atoms with E-state index in [2.05, 4.69) is 35.5 Å². The van der Waals surface area contributed by atoms with Crippen molar-refractivity contribution in [2.75, 3.05) is 25.0 Å². The lowest BCUT2D eigenvalue weighted by atomic mass is 9.87. The van der Waals surface area contributed by atoms with Crippen molar-refractivity contribution in [2.24, 2.45) is 0 Å². The molecule has 2 aromatic carbocycles. The molecule has 2 N–H and O–H groups in total. The summed E-state index contributed by atoms with van der Waals surface area (Å²) in [7, 11) is -2.55. The van der Waals surface area contributed by atoms with Gasteiger partial charge in [-0.3, -0.25) is 4.72 Å². The maximum Gasteiger partial charge on any atom is 0.263 e. The molecule has 0 aliphatic rings. The number of anilines is 1. The van der Waals surface area contributed by atoms with E-state index in [0.717, 1.165) is 5.56 Å². The Kier molecular flexibility index (Phi) is 8.42. The molecule has 3 aromatic rings. The third-order valence-corrected chi connectivity index (χ3v) is 6.60. The number of hydrogen-bond acceptors (Lipinski definition) is 8. The van der Waals surface area contributed by atoms with Gasteiger partial charge in [0.25, 0.3) is 15.9 Å². The summed E-state index contributed by atoms with van der Waals surface area (Å²) in [6.45, 7) is 9.56. The van der Waals surface area contributed by atoms with Crippen LogP contribution < -0.4 is 18.9 Å². The quantitative estimate of drug-likeness (QED) is 0.392. The highest BCUT2D eigenvalue weighted by Crippen LogP contribution is 2.41. The first-order chi connectivity index (χ1) is 17.0. The Hall–Kier alpha value is -3.37. The number of ether oxygens (including phenoxy) is 3. The van der Waals surface area contributed by atoms with Gasteiger partial charge in [0.05, 0.1) is 18.6 Å². The number of methoxy groups -OCH3 is 1. The molecule has 0 fully saturated rings. The molecular weight excluding hydrogens is 482 g/mol. The molecule has 9 nitrogen and oxygen atoms in total. The molecular formula is C26H33N3O6S. The van der Waals surface area contributed by atoms with E-state index in [4.69, 9.17) is 14.2 Å². The molecule has 0 unspecified atom stereocenters. The number of aliphatic hydroxyl groups excluding tert-OH is 1. The van der Waals surface area contributed by atoms with Crippen molar-refractivity contribution in [3.8, 4) is 23.1 Å². The van der Waals surface area contributed by atoms with Crippen molar-refractivity contribution in [3.05, 3.63) is 59.9 Å². The predicted molar refractivity (Wildman–Crippen MR) is 138 cm³/mol. The van der Waals surface area contributed by atoms with Crippen molar-refractivity contribution in [3.63, 3.8) is 0 Å². The minimum absolute atomic E-state index is 0.00515. The summed E-state index contributed by atoms with van der Waals surface area (Å²) < 4.78 is 46.3. The summed E-state index contributed by atoms with van der Waals surface area (Å²) in [4.78, 5) is 8.94. The van der Waals surface area contributed by atoms with Gasteiger partial charge in [-0.2, -0.15) is 4.98 Å². The first-order valence-corrected chi connectivity index (χ1v) is 13.0. The molecule has 0 amide bonds. The second-order valence-electron chi connectivity index (χ2n) is 9.42. The number of para-hydroxylation sites is 2. The topological polar surface area (TPSA) is 120 Å². The molecule has 36 heavy (non-hydrogen) atoms. The minimum atomic E-state index is -4.04. The van der Waals surface area contributed by atoms with Gasteiger partial charge in [0.2, 0.25) is 5.75 Å². The molecule has 1 aromatic heterocycles. The Bertz CT molecular complexity index is 1290. The second-order valence-corrected chi connectivity index (χ2v) is 11.1. The fraction of sp³-hybridized carbons (Fsp3) is 0.385. The van der Waals surface area contributed by atoms with Crippen molar-refractivity contribution >= 4 is 15.8 Å². The first kappa shape index (κ1) is 27.2. The molecule has 1 heterocycles. The third-order valence-electron chi connectivity index (χ3n) is 5.24. The maximum atomic E-state index is 13.4. The molecule has 0 aliphatic carbocycles. The second kappa shape index (κ2) is 11.1. The number of aromatic nitrogens is 2. The van der Waals surface area contributed by atoms with Gasteiger partial charge in [-0.15, -0.1) is 0 Å². The van der Waals surface area contributed by atoms with E-state index in [1.807, 2.05) is 13.8 Å². The maximum absolute atomic E-state index is 13.4. The molecule has 3 rings (SSSR count). The van der Waals surface area contributed by atoms with Gasteiger partial charge in [0.15, 0.2) is 17.3 Å². The lowest BCUT2D eigenvalue weighted by molar-refractivity contribution is 0.192. The Morgan fingerprint density at radius 1 is 1.00 bits per heavy atom. The summed E-state index contributed by atoms with van der Waals surface area (Å²) in [5.74, 6) is 0.788. The van der Waals surface area contributed by atoms with Crippen LogP contribution in [0.4, 0.5) is 5.82 Å². The molecule has 0 aliphatic heterocycles. The van der Waals surface area contributed by atoms with Crippen LogP contribution in [-0.2, 0) is 15.4 Å². The summed E-state index contributed by atoms with van der Waals surface area (Å²) in [6, 6.07) is 13.6. The van der Waals surface area contributed by atoms with Crippen LogP contribution in [0.3, 0.4) is 0 Å². The summed E-state index contributed by atoms with van der Waals surface area (Å²) >= 11 is 0. The van der Waals surface area contributed by atoms with Crippen molar-refractivity contribution < 1.29 is 27.7 Å². The van der Waals surface area contributed by atoms with Gasteiger partial charge in [-0.25, -0.2) is 13.4 Å². The van der Waals surface area contributed by atoms with Gasteiger partial charge < -0.3 is 19.3 Å². The van der Waals surface area contributed by atoms with Gasteiger partial charge in [-0.1, -0.05) is 58.9 Å². The Balaban J connectivity index is 2.11. The van der Waals surface area contributed by atoms with Crippen LogP contribution in [0.2, 0.25) is 0 Å². The normalized spacial score (nSPS) is 11.9. The van der Waals surface area contributed by atoms with E-state index >= 15 is 0 Å². The third kappa shape index (κ3) is 6.44. The first-order valence-electron chi connectivity index (χ1n) is 11.6.